The summed E-state index contributed by atoms with van der Waals surface area (Å²) in [7, 11) is 0. The third kappa shape index (κ3) is 2.80. The van der Waals surface area contributed by atoms with Gasteiger partial charge in [-0.2, -0.15) is 4.98 Å². The molecule has 0 aromatic carbocycles. The maximum absolute atomic E-state index is 15.0. The first-order valence-electron chi connectivity index (χ1n) is 7.83. The molecule has 0 amide bonds. The van der Waals surface area contributed by atoms with Crippen molar-refractivity contribution in [1.82, 2.24) is 19.5 Å². The normalized spacial score (nSPS) is 23.8. The van der Waals surface area contributed by atoms with Crippen LogP contribution in [-0.4, -0.2) is 45.2 Å². The molecule has 8 nitrogen and oxygen atoms in total. The van der Waals surface area contributed by atoms with Gasteiger partial charge < -0.3 is 19.8 Å². The molecule has 0 aliphatic heterocycles. The van der Waals surface area contributed by atoms with Crippen molar-refractivity contribution in [1.29, 1.82) is 0 Å². The van der Waals surface area contributed by atoms with E-state index >= 15 is 0 Å². The molecule has 0 radical (unpaired) electrons. The monoisotopic (exact) mass is 337 g/mol. The lowest BCUT2D eigenvalue weighted by Crippen LogP contribution is -2.29. The Morgan fingerprint density at radius 3 is 2.96 bits per heavy atom. The van der Waals surface area contributed by atoms with Crippen molar-refractivity contribution in [3.8, 4) is 0 Å². The first-order chi connectivity index (χ1) is 11.6. The van der Waals surface area contributed by atoms with Gasteiger partial charge in [-0.25, -0.2) is 9.37 Å². The Morgan fingerprint density at radius 1 is 1.46 bits per heavy atom. The topological polar surface area (TPSA) is 108 Å². The Hall–Kier alpha value is -2.26. The van der Waals surface area contributed by atoms with E-state index in [0.29, 0.717) is 13.0 Å². The number of aromatic nitrogens is 4. The van der Waals surface area contributed by atoms with Crippen LogP contribution in [-0.2, 0) is 9.47 Å². The van der Waals surface area contributed by atoms with Gasteiger partial charge in [0.05, 0.1) is 12.4 Å². The van der Waals surface area contributed by atoms with Crippen molar-refractivity contribution >= 4 is 17.1 Å². The Labute approximate surface area is 137 Å². The van der Waals surface area contributed by atoms with Gasteiger partial charge in [0.15, 0.2) is 17.3 Å². The number of hydrogen-bond acceptors (Lipinski definition) is 6. The summed E-state index contributed by atoms with van der Waals surface area (Å²) in [6.45, 7) is 4.30. The number of halogens is 1. The van der Waals surface area contributed by atoms with Crippen LogP contribution in [0.1, 0.15) is 26.3 Å². The standard InChI is InChI=1S/C15H20FN5O3/c1-3-8-5-9(10(16)12(8)24-7-23-4-2)21-6-18-11-13(21)19-15(17)20-14(11)22/h5-6,9-10,12H,3-4,7H2,1-2H3,(H3,17,19,20,22)/t9-,10?,12+/m1/s1. The van der Waals surface area contributed by atoms with Crippen LogP contribution >= 0.6 is 0 Å². The molecular weight excluding hydrogens is 317 g/mol. The van der Waals surface area contributed by atoms with Gasteiger partial charge in [-0.05, 0) is 18.9 Å². The number of nitrogens with one attached hydrogen (secondary N) is 1. The molecule has 0 saturated carbocycles. The lowest BCUT2D eigenvalue weighted by atomic mass is 10.1. The highest BCUT2D eigenvalue weighted by Gasteiger charge is 2.39. The fraction of sp³-hybridized carbons (Fsp3) is 0.533. The third-order valence-corrected chi connectivity index (χ3v) is 4.08. The van der Waals surface area contributed by atoms with Gasteiger partial charge in [-0.15, -0.1) is 0 Å². The number of rotatable bonds is 6. The van der Waals surface area contributed by atoms with Crippen molar-refractivity contribution in [2.75, 3.05) is 19.1 Å². The second kappa shape index (κ2) is 6.70. The molecule has 1 aliphatic rings. The lowest BCUT2D eigenvalue weighted by molar-refractivity contribution is -0.0948. The van der Waals surface area contributed by atoms with E-state index in [2.05, 4.69) is 15.0 Å². The minimum Gasteiger partial charge on any atom is -0.369 e. The highest BCUT2D eigenvalue weighted by Crippen LogP contribution is 2.36. The minimum atomic E-state index is -1.33. The highest BCUT2D eigenvalue weighted by atomic mass is 19.1. The fourth-order valence-electron chi connectivity index (χ4n) is 2.91. The van der Waals surface area contributed by atoms with Gasteiger partial charge in [-0.1, -0.05) is 13.0 Å². The summed E-state index contributed by atoms with van der Waals surface area (Å²) < 4.78 is 27.2. The molecule has 130 valence electrons. The van der Waals surface area contributed by atoms with E-state index in [0.717, 1.165) is 5.57 Å². The van der Waals surface area contributed by atoms with Crippen LogP contribution in [0.2, 0.25) is 0 Å². The molecular formula is C15H20FN5O3. The molecule has 3 atom stereocenters. The first-order valence-corrected chi connectivity index (χ1v) is 7.83. The molecule has 0 spiro atoms. The highest BCUT2D eigenvalue weighted by molar-refractivity contribution is 5.70. The van der Waals surface area contributed by atoms with Crippen LogP contribution in [0, 0.1) is 0 Å². The van der Waals surface area contributed by atoms with E-state index in [9.17, 15) is 9.18 Å². The Balaban J connectivity index is 1.95. The summed E-state index contributed by atoms with van der Waals surface area (Å²) >= 11 is 0. The van der Waals surface area contributed by atoms with Crippen molar-refractivity contribution in [3.05, 3.63) is 28.3 Å². The van der Waals surface area contributed by atoms with E-state index in [-0.39, 0.29) is 23.9 Å². The van der Waals surface area contributed by atoms with Crippen molar-refractivity contribution in [2.24, 2.45) is 0 Å². The van der Waals surface area contributed by atoms with Crippen LogP contribution in [0.25, 0.3) is 11.2 Å². The molecule has 3 N–H and O–H groups in total. The molecule has 3 rings (SSSR count). The first kappa shape index (κ1) is 16.6. The summed E-state index contributed by atoms with van der Waals surface area (Å²) in [6.07, 6.45) is 1.82. The molecule has 9 heteroatoms. The van der Waals surface area contributed by atoms with Gasteiger partial charge in [0, 0.05) is 6.61 Å². The molecule has 0 fully saturated rings. The maximum Gasteiger partial charge on any atom is 0.280 e. The van der Waals surface area contributed by atoms with Crippen LogP contribution in [0.15, 0.2) is 22.8 Å². The summed E-state index contributed by atoms with van der Waals surface area (Å²) in [5.41, 5.74) is 6.36. The number of aromatic amines is 1. The van der Waals surface area contributed by atoms with Crippen molar-refractivity contribution in [2.45, 2.75) is 38.6 Å². The Morgan fingerprint density at radius 2 is 2.25 bits per heavy atom. The van der Waals surface area contributed by atoms with Crippen LogP contribution < -0.4 is 11.3 Å². The molecule has 2 aromatic rings. The average Bonchev–Trinajstić information content (AvgIpc) is 3.09. The van der Waals surface area contributed by atoms with Gasteiger partial charge in [0.25, 0.3) is 5.56 Å². The predicted molar refractivity (Wildman–Crippen MR) is 86.2 cm³/mol. The molecule has 24 heavy (non-hydrogen) atoms. The Kier molecular flexibility index (Phi) is 4.63. The molecule has 0 saturated heterocycles. The lowest BCUT2D eigenvalue weighted by Gasteiger charge is -2.21. The molecule has 2 heterocycles. The largest absolute Gasteiger partial charge is 0.369 e. The summed E-state index contributed by atoms with van der Waals surface area (Å²) in [5, 5.41) is 0. The van der Waals surface area contributed by atoms with Crippen molar-refractivity contribution < 1.29 is 13.9 Å². The van der Waals surface area contributed by atoms with E-state index in [1.807, 2.05) is 13.8 Å². The smallest absolute Gasteiger partial charge is 0.280 e. The maximum atomic E-state index is 15.0. The molecule has 1 unspecified atom stereocenters. The number of fused-ring (bicyclic) bond motifs is 1. The number of alkyl halides is 1. The van der Waals surface area contributed by atoms with Crippen molar-refractivity contribution in [3.63, 3.8) is 0 Å². The van der Waals surface area contributed by atoms with Gasteiger partial charge >= 0.3 is 0 Å². The predicted octanol–water partition coefficient (Wildman–Crippen LogP) is 1.31. The van der Waals surface area contributed by atoms with E-state index in [1.54, 1.807) is 6.08 Å². The third-order valence-electron chi connectivity index (χ3n) is 4.08. The molecule has 2 aromatic heterocycles. The van der Waals surface area contributed by atoms with Gasteiger partial charge in [-0.3, -0.25) is 9.78 Å². The molecule has 0 bridgehead atoms. The number of allylic oxidation sites excluding steroid dienone is 1. The quantitative estimate of drug-likeness (QED) is 0.467. The zero-order valence-electron chi connectivity index (χ0n) is 13.5. The zero-order chi connectivity index (χ0) is 17.3. The number of ether oxygens (including phenoxy) is 2. The summed E-state index contributed by atoms with van der Waals surface area (Å²) in [6, 6.07) is -0.662. The second-order valence-electron chi connectivity index (χ2n) is 5.50. The summed E-state index contributed by atoms with van der Waals surface area (Å²) in [5.74, 6) is -0.0357. The van der Waals surface area contributed by atoms with Gasteiger partial charge in [0.1, 0.15) is 12.9 Å². The van der Waals surface area contributed by atoms with E-state index in [4.69, 9.17) is 15.2 Å². The average molecular weight is 337 g/mol. The number of nitrogen functional groups attached to an aromatic ring is 1. The number of nitrogens with two attached hydrogens (primary N) is 1. The number of nitrogens with zero attached hydrogens (tertiary/aromatic N) is 3. The van der Waals surface area contributed by atoms with Crippen LogP contribution in [0.5, 0.6) is 0 Å². The van der Waals surface area contributed by atoms with Crippen LogP contribution in [0.3, 0.4) is 0 Å². The second-order valence-corrected chi connectivity index (χ2v) is 5.50. The zero-order valence-corrected chi connectivity index (χ0v) is 13.5. The fourth-order valence-corrected chi connectivity index (χ4v) is 2.91. The van der Waals surface area contributed by atoms with Crippen LogP contribution in [0.4, 0.5) is 10.3 Å². The van der Waals surface area contributed by atoms with Gasteiger partial charge in [0.2, 0.25) is 5.95 Å². The molecule has 1 aliphatic carbocycles. The number of hydrogen-bond donors (Lipinski definition) is 2. The SMILES string of the molecule is CCOCO[C@H]1C(CC)=C[C@@H](n2cnc3c(=O)[nH]c(N)nc32)C1F. The number of imidazole rings is 1. The van der Waals surface area contributed by atoms with E-state index < -0.39 is 23.9 Å². The van der Waals surface area contributed by atoms with E-state index in [1.165, 1.54) is 10.9 Å². The summed E-state index contributed by atoms with van der Waals surface area (Å²) in [4.78, 5) is 22.4. The Bertz CT molecular complexity index is 815. The number of H-pyrrole nitrogens is 1. The minimum absolute atomic E-state index is 0.0290. The number of anilines is 1.